The highest BCUT2D eigenvalue weighted by molar-refractivity contribution is 6.32. The largest absolute Gasteiger partial charge is 0.506 e. The maximum Gasteiger partial charge on any atom is 0.138 e. The summed E-state index contributed by atoms with van der Waals surface area (Å²) in [6, 6.07) is 5.69. The molecule has 3 nitrogen and oxygen atoms in total. The highest BCUT2D eigenvalue weighted by Gasteiger charge is 2.23. The van der Waals surface area contributed by atoms with Crippen LogP contribution in [0.5, 0.6) is 5.75 Å². The van der Waals surface area contributed by atoms with E-state index < -0.39 is 0 Å². The summed E-state index contributed by atoms with van der Waals surface area (Å²) in [4.78, 5) is 2.36. The number of halogens is 3. The molecule has 1 fully saturated rings. The summed E-state index contributed by atoms with van der Waals surface area (Å²) < 4.78 is 0. The van der Waals surface area contributed by atoms with E-state index >= 15 is 0 Å². The molecule has 2 N–H and O–H groups in total. The number of aromatic hydroxyl groups is 1. The van der Waals surface area contributed by atoms with Crippen LogP contribution >= 0.6 is 36.4 Å². The van der Waals surface area contributed by atoms with Crippen molar-refractivity contribution in [2.45, 2.75) is 12.5 Å². The number of benzene rings is 1. The molecule has 0 aromatic heterocycles. The van der Waals surface area contributed by atoms with E-state index in [1.54, 1.807) is 6.07 Å². The van der Waals surface area contributed by atoms with E-state index in [9.17, 15) is 5.11 Å². The first-order valence-corrected chi connectivity index (χ1v) is 6.65. The summed E-state index contributed by atoms with van der Waals surface area (Å²) in [5.41, 5.74) is 0.893. The van der Waals surface area contributed by atoms with Crippen molar-refractivity contribution in [3.05, 3.63) is 41.4 Å². The molecule has 1 saturated heterocycles. The Labute approximate surface area is 137 Å². The van der Waals surface area contributed by atoms with Gasteiger partial charge < -0.3 is 10.4 Å². The molecule has 0 aliphatic carbocycles. The van der Waals surface area contributed by atoms with E-state index in [2.05, 4.69) is 16.8 Å². The second kappa shape index (κ2) is 9.48. The Bertz CT molecular complexity index is 423. The average Bonchev–Trinajstić information content (AvgIpc) is 2.41. The first-order valence-electron chi connectivity index (χ1n) is 6.27. The van der Waals surface area contributed by atoms with Crippen LogP contribution in [0.2, 0.25) is 5.02 Å². The third-order valence-electron chi connectivity index (χ3n) is 3.36. The van der Waals surface area contributed by atoms with Crippen molar-refractivity contribution in [1.29, 1.82) is 0 Å². The van der Waals surface area contributed by atoms with E-state index in [1.165, 1.54) is 0 Å². The van der Waals surface area contributed by atoms with Crippen molar-refractivity contribution in [3.8, 4) is 5.75 Å². The van der Waals surface area contributed by atoms with Crippen molar-refractivity contribution in [2.24, 2.45) is 0 Å². The van der Waals surface area contributed by atoms with Crippen molar-refractivity contribution in [3.63, 3.8) is 0 Å². The van der Waals surface area contributed by atoms with Gasteiger partial charge in [0.1, 0.15) is 5.75 Å². The molecule has 0 bridgehead atoms. The zero-order valence-corrected chi connectivity index (χ0v) is 13.6. The molecule has 1 aromatic rings. The quantitative estimate of drug-likeness (QED) is 0.825. The minimum atomic E-state index is 0. The Kier molecular flexibility index (Phi) is 9.27. The summed E-state index contributed by atoms with van der Waals surface area (Å²) >= 11 is 5.99. The van der Waals surface area contributed by atoms with Crippen LogP contribution in [0.25, 0.3) is 0 Å². The van der Waals surface area contributed by atoms with Gasteiger partial charge in [-0.05, 0) is 12.5 Å². The van der Waals surface area contributed by atoms with Gasteiger partial charge in [0.2, 0.25) is 0 Å². The molecule has 1 aliphatic heterocycles. The number of rotatable bonds is 4. The molecular weight excluding hydrogens is 319 g/mol. The van der Waals surface area contributed by atoms with Gasteiger partial charge >= 0.3 is 0 Å². The lowest BCUT2D eigenvalue weighted by Gasteiger charge is -2.35. The Balaban J connectivity index is 0.00000180. The topological polar surface area (TPSA) is 35.5 Å². The smallest absolute Gasteiger partial charge is 0.138 e. The van der Waals surface area contributed by atoms with E-state index in [1.807, 2.05) is 18.2 Å². The minimum Gasteiger partial charge on any atom is -0.506 e. The van der Waals surface area contributed by atoms with E-state index in [0.29, 0.717) is 5.02 Å². The SMILES string of the molecule is C=CC[C@@H](c1cccc(Cl)c1O)N1CCNCC1.Cl.Cl. The predicted molar refractivity (Wildman–Crippen MR) is 89.6 cm³/mol. The Morgan fingerprint density at radius 3 is 2.60 bits per heavy atom. The maximum absolute atomic E-state index is 10.1. The summed E-state index contributed by atoms with van der Waals surface area (Å²) in [7, 11) is 0. The van der Waals surface area contributed by atoms with Gasteiger partial charge in [-0.2, -0.15) is 0 Å². The van der Waals surface area contributed by atoms with Gasteiger partial charge in [-0.25, -0.2) is 0 Å². The third kappa shape index (κ3) is 4.54. The lowest BCUT2D eigenvalue weighted by atomic mass is 10.00. The Morgan fingerprint density at radius 2 is 2.00 bits per heavy atom. The van der Waals surface area contributed by atoms with Gasteiger partial charge in [0, 0.05) is 37.8 Å². The molecule has 0 unspecified atom stereocenters. The zero-order chi connectivity index (χ0) is 13.0. The fourth-order valence-electron chi connectivity index (χ4n) is 2.43. The van der Waals surface area contributed by atoms with Crippen molar-refractivity contribution < 1.29 is 5.11 Å². The lowest BCUT2D eigenvalue weighted by molar-refractivity contribution is 0.172. The second-order valence-corrected chi connectivity index (χ2v) is 4.91. The minimum absolute atomic E-state index is 0. The fourth-order valence-corrected chi connectivity index (χ4v) is 2.61. The number of nitrogens with one attached hydrogen (secondary N) is 1. The van der Waals surface area contributed by atoms with E-state index in [4.69, 9.17) is 11.6 Å². The van der Waals surface area contributed by atoms with Crippen molar-refractivity contribution >= 4 is 36.4 Å². The van der Waals surface area contributed by atoms with Crippen LogP contribution in [0, 0.1) is 0 Å². The number of para-hydroxylation sites is 1. The zero-order valence-electron chi connectivity index (χ0n) is 11.2. The summed E-state index contributed by atoms with van der Waals surface area (Å²) in [6.07, 6.45) is 2.71. The van der Waals surface area contributed by atoms with Gasteiger partial charge in [0.15, 0.2) is 0 Å². The van der Waals surface area contributed by atoms with Gasteiger partial charge in [0.25, 0.3) is 0 Å². The van der Waals surface area contributed by atoms with Crippen LogP contribution in [0.4, 0.5) is 0 Å². The predicted octanol–water partition coefficient (Wildman–Crippen LogP) is 3.41. The van der Waals surface area contributed by atoms with E-state index in [0.717, 1.165) is 38.2 Å². The monoisotopic (exact) mass is 338 g/mol. The second-order valence-electron chi connectivity index (χ2n) is 4.50. The average molecular weight is 340 g/mol. The highest BCUT2D eigenvalue weighted by atomic mass is 35.5. The maximum atomic E-state index is 10.1. The van der Waals surface area contributed by atoms with Crippen LogP contribution in [0.3, 0.4) is 0 Å². The van der Waals surface area contributed by atoms with Crippen LogP contribution in [0.15, 0.2) is 30.9 Å². The molecule has 6 heteroatoms. The summed E-state index contributed by atoms with van der Waals surface area (Å²) in [6.45, 7) is 7.73. The fraction of sp³-hybridized carbons (Fsp3) is 0.429. The normalized spacial score (nSPS) is 16.6. The number of phenols is 1. The molecule has 1 aliphatic rings. The van der Waals surface area contributed by atoms with Gasteiger partial charge in [-0.3, -0.25) is 4.90 Å². The molecule has 0 amide bonds. The van der Waals surface area contributed by atoms with Crippen LogP contribution in [0.1, 0.15) is 18.0 Å². The molecular formula is C14H21Cl3N2O. The Hall–Kier alpha value is -0.450. The number of hydrogen-bond acceptors (Lipinski definition) is 3. The number of hydrogen-bond donors (Lipinski definition) is 2. The number of piperazine rings is 1. The molecule has 1 atom stereocenters. The molecule has 0 radical (unpaired) electrons. The van der Waals surface area contributed by atoms with Crippen LogP contribution in [-0.2, 0) is 0 Å². The molecule has 20 heavy (non-hydrogen) atoms. The Morgan fingerprint density at radius 1 is 1.35 bits per heavy atom. The third-order valence-corrected chi connectivity index (χ3v) is 3.66. The lowest BCUT2D eigenvalue weighted by Crippen LogP contribution is -2.45. The summed E-state index contributed by atoms with van der Waals surface area (Å²) in [5, 5.41) is 13.9. The first kappa shape index (κ1) is 19.6. The van der Waals surface area contributed by atoms with Crippen LogP contribution in [-0.4, -0.2) is 36.2 Å². The van der Waals surface area contributed by atoms with Crippen molar-refractivity contribution in [1.82, 2.24) is 10.2 Å². The molecule has 1 heterocycles. The number of nitrogens with zero attached hydrogens (tertiary/aromatic N) is 1. The molecule has 114 valence electrons. The molecule has 0 spiro atoms. The first-order chi connectivity index (χ1) is 8.74. The van der Waals surface area contributed by atoms with Gasteiger partial charge in [0.05, 0.1) is 5.02 Å². The van der Waals surface area contributed by atoms with Crippen molar-refractivity contribution in [2.75, 3.05) is 26.2 Å². The number of phenolic OH excluding ortho intramolecular Hbond substituents is 1. The highest BCUT2D eigenvalue weighted by Crippen LogP contribution is 2.36. The van der Waals surface area contributed by atoms with Crippen LogP contribution < -0.4 is 5.32 Å². The van der Waals surface area contributed by atoms with E-state index in [-0.39, 0.29) is 36.6 Å². The van der Waals surface area contributed by atoms with Gasteiger partial charge in [-0.1, -0.05) is 29.8 Å². The molecule has 1 aromatic carbocycles. The summed E-state index contributed by atoms with van der Waals surface area (Å²) in [5.74, 6) is 0.199. The molecule has 0 saturated carbocycles. The molecule has 2 rings (SSSR count). The standard InChI is InChI=1S/C14H19ClN2O.2ClH/c1-2-4-13(17-9-7-16-8-10-17)11-5-3-6-12(15)14(11)18;;/h2-3,5-6,13,16,18H,1,4,7-10H2;2*1H/t13-;;/m0../s1. The van der Waals surface area contributed by atoms with Gasteiger partial charge in [-0.15, -0.1) is 31.4 Å².